The molecule has 0 fully saturated rings. The molecule has 9 nitrogen and oxygen atoms in total. The van der Waals surface area contributed by atoms with Gasteiger partial charge in [-0.3, -0.25) is 24.3 Å². The second kappa shape index (κ2) is 8.51. The molecule has 0 unspecified atom stereocenters. The van der Waals surface area contributed by atoms with Gasteiger partial charge in [0.25, 0.3) is 11.8 Å². The van der Waals surface area contributed by atoms with Crippen LogP contribution in [0.2, 0.25) is 0 Å². The lowest BCUT2D eigenvalue weighted by atomic mass is 10.0. The van der Waals surface area contributed by atoms with Gasteiger partial charge in [-0.25, -0.2) is 0 Å². The quantitative estimate of drug-likeness (QED) is 0.609. The number of fused-ring (bicyclic) bond motifs is 5. The molecule has 5 rings (SSSR count). The zero-order valence-electron chi connectivity index (χ0n) is 18.6. The van der Waals surface area contributed by atoms with Crippen LogP contribution in [0, 0.1) is 0 Å². The third-order valence-electron chi connectivity index (χ3n) is 6.01. The fraction of sp³-hybridized carbons (Fsp3) is 0.200. The standard InChI is InChI=1S/C25H22N4O5/c1-33-19-10-9-17-21(22(19)34-2)25(32)29-18-8-4-3-7-16(18)24(31)28(23(17)29)14-20(30)27-13-15-6-5-11-26-12-15/h3-12,23H,13-14H2,1-2H3,(H,27,30)/t23-/m0/s1. The molecule has 1 N–H and O–H groups in total. The van der Waals surface area contributed by atoms with Crippen LogP contribution in [0.25, 0.3) is 0 Å². The van der Waals surface area contributed by atoms with Crippen molar-refractivity contribution in [2.45, 2.75) is 12.7 Å². The Kier molecular flexibility index (Phi) is 5.37. The van der Waals surface area contributed by atoms with E-state index in [1.165, 1.54) is 24.0 Å². The number of benzene rings is 2. The average molecular weight is 458 g/mol. The Balaban J connectivity index is 1.54. The number of anilines is 1. The van der Waals surface area contributed by atoms with Gasteiger partial charge in [0.1, 0.15) is 12.7 Å². The minimum absolute atomic E-state index is 0.227. The van der Waals surface area contributed by atoms with Crippen LogP contribution in [0.3, 0.4) is 0 Å². The first-order chi connectivity index (χ1) is 16.5. The van der Waals surface area contributed by atoms with Crippen molar-refractivity contribution in [3.8, 4) is 11.5 Å². The van der Waals surface area contributed by atoms with Crippen molar-refractivity contribution in [1.82, 2.24) is 15.2 Å². The Morgan fingerprint density at radius 2 is 1.85 bits per heavy atom. The van der Waals surface area contributed by atoms with Crippen molar-refractivity contribution < 1.29 is 23.9 Å². The summed E-state index contributed by atoms with van der Waals surface area (Å²) < 4.78 is 10.9. The molecule has 2 aliphatic rings. The average Bonchev–Trinajstić information content (AvgIpc) is 3.17. The van der Waals surface area contributed by atoms with Crippen LogP contribution >= 0.6 is 0 Å². The van der Waals surface area contributed by atoms with Gasteiger partial charge in [-0.1, -0.05) is 24.3 Å². The number of para-hydroxylation sites is 1. The van der Waals surface area contributed by atoms with Gasteiger partial charge in [0.2, 0.25) is 5.91 Å². The van der Waals surface area contributed by atoms with E-state index in [-0.39, 0.29) is 30.8 Å². The molecule has 0 radical (unpaired) electrons. The summed E-state index contributed by atoms with van der Waals surface area (Å²) in [7, 11) is 2.96. The van der Waals surface area contributed by atoms with E-state index >= 15 is 0 Å². The van der Waals surface area contributed by atoms with Gasteiger partial charge in [0, 0.05) is 24.5 Å². The van der Waals surface area contributed by atoms with Crippen molar-refractivity contribution in [1.29, 1.82) is 0 Å². The van der Waals surface area contributed by atoms with Gasteiger partial charge in [0.15, 0.2) is 11.5 Å². The second-order valence-corrected chi connectivity index (χ2v) is 7.90. The predicted octanol–water partition coefficient (Wildman–Crippen LogP) is 2.53. The summed E-state index contributed by atoms with van der Waals surface area (Å²) in [6.45, 7) is 0.0515. The van der Waals surface area contributed by atoms with Crippen LogP contribution in [0.1, 0.15) is 38.0 Å². The molecule has 3 amide bonds. The molecule has 1 aromatic heterocycles. The Bertz CT molecular complexity index is 1290. The monoisotopic (exact) mass is 458 g/mol. The topological polar surface area (TPSA) is 101 Å². The Labute approximate surface area is 195 Å². The fourth-order valence-corrected chi connectivity index (χ4v) is 4.50. The summed E-state index contributed by atoms with van der Waals surface area (Å²) in [6.07, 6.45) is 2.53. The number of amides is 3. The second-order valence-electron chi connectivity index (χ2n) is 7.90. The zero-order valence-corrected chi connectivity index (χ0v) is 18.6. The zero-order chi connectivity index (χ0) is 23.8. The molecule has 0 aliphatic carbocycles. The summed E-state index contributed by atoms with van der Waals surface area (Å²) in [5, 5.41) is 2.83. The van der Waals surface area contributed by atoms with Crippen molar-refractivity contribution in [3.05, 3.63) is 83.2 Å². The normalized spacial score (nSPS) is 16.0. The molecule has 1 atom stereocenters. The number of hydrogen-bond donors (Lipinski definition) is 1. The largest absolute Gasteiger partial charge is 0.493 e. The van der Waals surface area contributed by atoms with E-state index in [2.05, 4.69) is 10.3 Å². The third-order valence-corrected chi connectivity index (χ3v) is 6.01. The third kappa shape index (κ3) is 3.33. The van der Waals surface area contributed by atoms with Gasteiger partial charge >= 0.3 is 0 Å². The number of carbonyl (C=O) groups excluding carboxylic acids is 3. The summed E-state index contributed by atoms with van der Waals surface area (Å²) in [4.78, 5) is 47.0. The summed E-state index contributed by atoms with van der Waals surface area (Å²) >= 11 is 0. The SMILES string of the molecule is COc1ccc2c(c1OC)C(=O)N1c3ccccc3C(=O)N(CC(=O)NCc3cccnc3)[C@H]21. The Morgan fingerprint density at radius 1 is 1.03 bits per heavy atom. The fourth-order valence-electron chi connectivity index (χ4n) is 4.50. The molecule has 3 aromatic rings. The molecule has 2 aromatic carbocycles. The first-order valence-corrected chi connectivity index (χ1v) is 10.7. The molecular weight excluding hydrogens is 436 g/mol. The van der Waals surface area contributed by atoms with Crippen molar-refractivity contribution in [3.63, 3.8) is 0 Å². The Hall–Kier alpha value is -4.40. The number of carbonyl (C=O) groups is 3. The lowest BCUT2D eigenvalue weighted by Gasteiger charge is -2.40. The van der Waals surface area contributed by atoms with Gasteiger partial charge in [-0.05, 0) is 29.8 Å². The smallest absolute Gasteiger partial charge is 0.264 e. The number of hydrogen-bond acceptors (Lipinski definition) is 6. The molecule has 0 bridgehead atoms. The highest BCUT2D eigenvalue weighted by atomic mass is 16.5. The minimum atomic E-state index is -0.783. The van der Waals surface area contributed by atoms with Crippen molar-refractivity contribution >= 4 is 23.4 Å². The molecule has 9 heteroatoms. The molecule has 0 saturated heterocycles. The number of nitrogens with zero attached hydrogens (tertiary/aromatic N) is 3. The number of nitrogens with one attached hydrogen (secondary N) is 1. The molecule has 0 spiro atoms. The van der Waals surface area contributed by atoms with Gasteiger partial charge in [0.05, 0.1) is 31.0 Å². The lowest BCUT2D eigenvalue weighted by molar-refractivity contribution is -0.122. The molecular formula is C25H22N4O5. The van der Waals surface area contributed by atoms with Crippen LogP contribution in [0.5, 0.6) is 11.5 Å². The van der Waals surface area contributed by atoms with Crippen molar-refractivity contribution in [2.75, 3.05) is 25.7 Å². The summed E-state index contributed by atoms with van der Waals surface area (Å²) in [6, 6.07) is 14.0. The van der Waals surface area contributed by atoms with Crippen molar-refractivity contribution in [2.24, 2.45) is 0 Å². The van der Waals surface area contributed by atoms with E-state index in [1.807, 2.05) is 6.07 Å². The van der Waals surface area contributed by atoms with Gasteiger partial charge < -0.3 is 19.7 Å². The van der Waals surface area contributed by atoms with Crippen LogP contribution in [-0.2, 0) is 11.3 Å². The van der Waals surface area contributed by atoms with E-state index in [1.54, 1.807) is 54.9 Å². The molecule has 0 saturated carbocycles. The molecule has 3 heterocycles. The molecule has 172 valence electrons. The van der Waals surface area contributed by atoms with Crippen LogP contribution < -0.4 is 19.7 Å². The molecule has 2 aliphatic heterocycles. The van der Waals surface area contributed by atoms with Crippen LogP contribution in [-0.4, -0.2) is 48.4 Å². The van der Waals surface area contributed by atoms with Gasteiger partial charge in [-0.2, -0.15) is 0 Å². The number of methoxy groups -OCH3 is 2. The van der Waals surface area contributed by atoms with E-state index in [9.17, 15) is 14.4 Å². The first-order valence-electron chi connectivity index (χ1n) is 10.7. The lowest BCUT2D eigenvalue weighted by Crippen LogP contribution is -2.51. The Morgan fingerprint density at radius 3 is 2.59 bits per heavy atom. The van der Waals surface area contributed by atoms with Gasteiger partial charge in [-0.15, -0.1) is 0 Å². The van der Waals surface area contributed by atoms with Crippen LogP contribution in [0.4, 0.5) is 5.69 Å². The number of aromatic nitrogens is 1. The highest BCUT2D eigenvalue weighted by molar-refractivity contribution is 6.18. The first kappa shape index (κ1) is 21.4. The predicted molar refractivity (Wildman–Crippen MR) is 123 cm³/mol. The minimum Gasteiger partial charge on any atom is -0.493 e. The highest BCUT2D eigenvalue weighted by Gasteiger charge is 2.50. The number of ether oxygens (including phenoxy) is 2. The summed E-state index contributed by atoms with van der Waals surface area (Å²) in [5.41, 5.74) is 2.58. The van der Waals surface area contributed by atoms with E-state index < -0.39 is 6.17 Å². The number of rotatable bonds is 6. The van der Waals surface area contributed by atoms with E-state index in [0.717, 1.165) is 5.56 Å². The van der Waals surface area contributed by atoms with E-state index in [4.69, 9.17) is 9.47 Å². The molecule has 34 heavy (non-hydrogen) atoms. The maximum absolute atomic E-state index is 13.6. The maximum Gasteiger partial charge on any atom is 0.264 e. The number of pyridine rings is 1. The highest BCUT2D eigenvalue weighted by Crippen LogP contribution is 2.49. The van der Waals surface area contributed by atoms with E-state index in [0.29, 0.717) is 33.9 Å². The maximum atomic E-state index is 13.6. The summed E-state index contributed by atoms with van der Waals surface area (Å²) in [5.74, 6) is -0.293. The van der Waals surface area contributed by atoms with Crippen LogP contribution in [0.15, 0.2) is 60.9 Å².